The van der Waals surface area contributed by atoms with E-state index in [1.165, 1.54) is 11.1 Å². The van der Waals surface area contributed by atoms with Crippen molar-refractivity contribution in [3.8, 4) is 0 Å². The fourth-order valence-corrected chi connectivity index (χ4v) is 1.83. The third-order valence-corrected chi connectivity index (χ3v) is 3.28. The molecule has 0 unspecified atom stereocenters. The minimum Gasteiger partial charge on any atom is -0.370 e. The van der Waals surface area contributed by atoms with Gasteiger partial charge >= 0.3 is 0 Å². The van der Waals surface area contributed by atoms with Crippen molar-refractivity contribution in [2.24, 2.45) is 10.7 Å². The molecule has 1 rings (SSSR count). The Labute approximate surface area is 123 Å². The first-order valence-corrected chi connectivity index (χ1v) is 7.23. The van der Waals surface area contributed by atoms with Crippen LogP contribution in [0.4, 0.5) is 0 Å². The molecule has 0 saturated heterocycles. The van der Waals surface area contributed by atoms with E-state index in [0.717, 1.165) is 6.54 Å². The maximum absolute atomic E-state index is 5.85. The minimum absolute atomic E-state index is 0.307. The standard InChI is InChI=1S/C16H28N4/c1-12(2)19-16(17)18-10-14-8-6-7-9-15(14)11-20(5)13(3)4/h6-9,12-13H,10-11H2,1-5H3,(H3,17,18,19). The van der Waals surface area contributed by atoms with Crippen molar-refractivity contribution >= 4 is 5.96 Å². The van der Waals surface area contributed by atoms with Crippen molar-refractivity contribution < 1.29 is 0 Å². The van der Waals surface area contributed by atoms with Crippen molar-refractivity contribution in [2.75, 3.05) is 7.05 Å². The first-order valence-electron chi connectivity index (χ1n) is 7.23. The Balaban J connectivity index is 2.75. The van der Waals surface area contributed by atoms with Crippen LogP contribution in [0.3, 0.4) is 0 Å². The Kier molecular flexibility index (Phi) is 6.52. The summed E-state index contributed by atoms with van der Waals surface area (Å²) >= 11 is 0. The van der Waals surface area contributed by atoms with Crippen molar-refractivity contribution in [1.82, 2.24) is 10.2 Å². The first-order chi connectivity index (χ1) is 9.40. The van der Waals surface area contributed by atoms with Crippen LogP contribution in [0, 0.1) is 0 Å². The lowest BCUT2D eigenvalue weighted by Crippen LogP contribution is -2.36. The molecule has 0 spiro atoms. The Bertz CT molecular complexity index is 438. The molecule has 0 amide bonds. The van der Waals surface area contributed by atoms with Crippen LogP contribution in [0.15, 0.2) is 29.3 Å². The summed E-state index contributed by atoms with van der Waals surface area (Å²) in [7, 11) is 2.14. The number of aliphatic imine (C=N–C) groups is 1. The van der Waals surface area contributed by atoms with Crippen molar-refractivity contribution in [3.05, 3.63) is 35.4 Å². The van der Waals surface area contributed by atoms with Gasteiger partial charge in [-0.15, -0.1) is 0 Å². The number of nitrogens with one attached hydrogen (secondary N) is 1. The van der Waals surface area contributed by atoms with Gasteiger partial charge in [-0.25, -0.2) is 4.99 Å². The van der Waals surface area contributed by atoms with E-state index in [9.17, 15) is 0 Å². The van der Waals surface area contributed by atoms with Crippen LogP contribution in [-0.4, -0.2) is 30.0 Å². The molecule has 1 aromatic rings. The quantitative estimate of drug-likeness (QED) is 0.619. The van der Waals surface area contributed by atoms with Gasteiger partial charge in [0.25, 0.3) is 0 Å². The van der Waals surface area contributed by atoms with Gasteiger partial charge in [-0.1, -0.05) is 24.3 Å². The maximum atomic E-state index is 5.85. The molecule has 1 aromatic carbocycles. The highest BCUT2D eigenvalue weighted by Gasteiger charge is 2.07. The van der Waals surface area contributed by atoms with Gasteiger partial charge in [0.2, 0.25) is 0 Å². The summed E-state index contributed by atoms with van der Waals surface area (Å²) in [4.78, 5) is 6.73. The van der Waals surface area contributed by atoms with Gasteiger partial charge < -0.3 is 11.1 Å². The molecule has 0 aliphatic carbocycles. The molecule has 4 nitrogen and oxygen atoms in total. The fourth-order valence-electron chi connectivity index (χ4n) is 1.83. The topological polar surface area (TPSA) is 53.6 Å². The second-order valence-electron chi connectivity index (χ2n) is 5.78. The molecule has 0 bridgehead atoms. The molecule has 0 aliphatic heterocycles. The maximum Gasteiger partial charge on any atom is 0.189 e. The van der Waals surface area contributed by atoms with E-state index in [1.54, 1.807) is 0 Å². The Hall–Kier alpha value is -1.55. The number of hydrogen-bond donors (Lipinski definition) is 2. The van der Waals surface area contributed by atoms with E-state index >= 15 is 0 Å². The average molecular weight is 276 g/mol. The Morgan fingerprint density at radius 3 is 2.35 bits per heavy atom. The predicted molar refractivity (Wildman–Crippen MR) is 86.6 cm³/mol. The van der Waals surface area contributed by atoms with Crippen LogP contribution in [-0.2, 0) is 13.1 Å². The summed E-state index contributed by atoms with van der Waals surface area (Å²) in [6.45, 7) is 10.0. The normalized spacial score (nSPS) is 12.5. The average Bonchev–Trinajstić information content (AvgIpc) is 2.36. The number of nitrogens with zero attached hydrogens (tertiary/aromatic N) is 2. The summed E-state index contributed by atoms with van der Waals surface area (Å²) in [5.74, 6) is 0.506. The molecular weight excluding hydrogens is 248 g/mol. The van der Waals surface area contributed by atoms with Gasteiger partial charge in [-0.2, -0.15) is 0 Å². The summed E-state index contributed by atoms with van der Waals surface area (Å²) < 4.78 is 0. The van der Waals surface area contributed by atoms with E-state index in [1.807, 2.05) is 13.8 Å². The van der Waals surface area contributed by atoms with Crippen molar-refractivity contribution in [2.45, 2.75) is 52.9 Å². The molecule has 0 radical (unpaired) electrons. The van der Waals surface area contributed by atoms with Crippen LogP contribution in [0.5, 0.6) is 0 Å². The second-order valence-corrected chi connectivity index (χ2v) is 5.78. The number of rotatable bonds is 6. The van der Waals surface area contributed by atoms with Gasteiger partial charge in [-0.3, -0.25) is 4.90 Å². The predicted octanol–water partition coefficient (Wildman–Crippen LogP) is 2.34. The highest BCUT2D eigenvalue weighted by atomic mass is 15.1. The second kappa shape index (κ2) is 7.90. The third kappa shape index (κ3) is 5.61. The monoisotopic (exact) mass is 276 g/mol. The summed E-state index contributed by atoms with van der Waals surface area (Å²) in [6, 6.07) is 9.24. The molecule has 0 heterocycles. The highest BCUT2D eigenvalue weighted by Crippen LogP contribution is 2.13. The first kappa shape index (κ1) is 16.5. The number of guanidine groups is 1. The lowest BCUT2D eigenvalue weighted by Gasteiger charge is -2.22. The van der Waals surface area contributed by atoms with E-state index in [-0.39, 0.29) is 0 Å². The zero-order valence-corrected chi connectivity index (χ0v) is 13.4. The van der Waals surface area contributed by atoms with E-state index in [2.05, 4.69) is 60.4 Å². The van der Waals surface area contributed by atoms with Crippen molar-refractivity contribution in [1.29, 1.82) is 0 Å². The lowest BCUT2D eigenvalue weighted by molar-refractivity contribution is 0.265. The molecule has 20 heavy (non-hydrogen) atoms. The summed E-state index contributed by atoms with van der Waals surface area (Å²) in [5.41, 5.74) is 8.39. The largest absolute Gasteiger partial charge is 0.370 e. The summed E-state index contributed by atoms with van der Waals surface area (Å²) in [5, 5.41) is 3.11. The van der Waals surface area contributed by atoms with Crippen molar-refractivity contribution in [3.63, 3.8) is 0 Å². The van der Waals surface area contributed by atoms with Crippen LogP contribution >= 0.6 is 0 Å². The van der Waals surface area contributed by atoms with E-state index < -0.39 is 0 Å². The van der Waals surface area contributed by atoms with Gasteiger partial charge in [-0.05, 0) is 45.9 Å². The van der Waals surface area contributed by atoms with E-state index in [4.69, 9.17) is 5.73 Å². The number of hydrogen-bond acceptors (Lipinski definition) is 2. The smallest absolute Gasteiger partial charge is 0.189 e. The Morgan fingerprint density at radius 1 is 1.20 bits per heavy atom. The molecule has 3 N–H and O–H groups in total. The molecule has 4 heteroatoms. The van der Waals surface area contributed by atoms with Gasteiger partial charge in [0.05, 0.1) is 6.54 Å². The van der Waals surface area contributed by atoms with Crippen LogP contribution in [0.1, 0.15) is 38.8 Å². The molecule has 0 atom stereocenters. The van der Waals surface area contributed by atoms with Gasteiger partial charge in [0.15, 0.2) is 5.96 Å². The zero-order valence-electron chi connectivity index (χ0n) is 13.4. The van der Waals surface area contributed by atoms with E-state index in [0.29, 0.717) is 24.6 Å². The number of nitrogens with two attached hydrogens (primary N) is 1. The lowest BCUT2D eigenvalue weighted by atomic mass is 10.1. The molecule has 112 valence electrons. The molecule has 0 fully saturated rings. The minimum atomic E-state index is 0.307. The fraction of sp³-hybridized carbons (Fsp3) is 0.562. The third-order valence-electron chi connectivity index (χ3n) is 3.28. The van der Waals surface area contributed by atoms with Gasteiger partial charge in [0.1, 0.15) is 0 Å². The zero-order chi connectivity index (χ0) is 15.1. The molecule has 0 saturated carbocycles. The summed E-state index contributed by atoms with van der Waals surface area (Å²) in [6.07, 6.45) is 0. The van der Waals surface area contributed by atoms with Gasteiger partial charge in [0, 0.05) is 18.6 Å². The SMILES string of the molecule is CC(C)NC(N)=NCc1ccccc1CN(C)C(C)C. The molecular formula is C16H28N4. The Morgan fingerprint density at radius 2 is 1.80 bits per heavy atom. The van der Waals surface area contributed by atoms with Crippen LogP contribution in [0.2, 0.25) is 0 Å². The van der Waals surface area contributed by atoms with Crippen LogP contribution < -0.4 is 11.1 Å². The van der Waals surface area contributed by atoms with Crippen LogP contribution in [0.25, 0.3) is 0 Å². The molecule has 0 aromatic heterocycles. The highest BCUT2D eigenvalue weighted by molar-refractivity contribution is 5.78. The number of benzene rings is 1. The molecule has 0 aliphatic rings.